The van der Waals surface area contributed by atoms with Crippen LogP contribution in [0.4, 0.5) is 0 Å². The number of benzene rings is 1. The summed E-state index contributed by atoms with van der Waals surface area (Å²) < 4.78 is 33.8. The van der Waals surface area contributed by atoms with E-state index >= 15 is 0 Å². The molecule has 1 aliphatic rings. The van der Waals surface area contributed by atoms with Gasteiger partial charge in [-0.25, -0.2) is 13.1 Å². The first-order valence-electron chi connectivity index (χ1n) is 7.54. The smallest absolute Gasteiger partial charge is 0.246 e. The van der Waals surface area contributed by atoms with Crippen LogP contribution in [-0.4, -0.2) is 55.3 Å². The summed E-state index contributed by atoms with van der Waals surface area (Å²) in [6.07, 6.45) is 2.83. The van der Waals surface area contributed by atoms with Crippen molar-refractivity contribution in [1.29, 1.82) is 0 Å². The molecule has 0 saturated carbocycles. The largest absolute Gasteiger partial charge is 0.494 e. The zero-order chi connectivity index (χ0) is 17.3. The maximum Gasteiger partial charge on any atom is 0.246 e. The van der Waals surface area contributed by atoms with Crippen molar-refractivity contribution in [2.75, 3.05) is 26.7 Å². The average Bonchev–Trinajstić information content (AvgIpc) is 3.05. The van der Waals surface area contributed by atoms with Gasteiger partial charge in [0, 0.05) is 30.7 Å². The van der Waals surface area contributed by atoms with Crippen LogP contribution in [0.25, 0.3) is 5.69 Å². The van der Waals surface area contributed by atoms with E-state index in [0.29, 0.717) is 36.1 Å². The Bertz CT molecular complexity index is 837. The van der Waals surface area contributed by atoms with Gasteiger partial charge < -0.3 is 10.1 Å². The van der Waals surface area contributed by atoms with Crippen molar-refractivity contribution < 1.29 is 13.2 Å². The number of nitrogens with zero attached hydrogens (tertiary/aromatic N) is 3. The van der Waals surface area contributed by atoms with Crippen LogP contribution in [0.5, 0.6) is 5.75 Å². The summed E-state index contributed by atoms with van der Waals surface area (Å²) >= 11 is 6.03. The number of hydrogen-bond acceptors (Lipinski definition) is 5. The lowest BCUT2D eigenvalue weighted by molar-refractivity contribution is 0.310. The number of piperazine rings is 1. The molecule has 3 rings (SSSR count). The van der Waals surface area contributed by atoms with E-state index in [1.807, 2.05) is 6.92 Å². The van der Waals surface area contributed by atoms with Gasteiger partial charge in [0.25, 0.3) is 0 Å². The Balaban J connectivity index is 1.95. The molecule has 1 unspecified atom stereocenters. The van der Waals surface area contributed by atoms with E-state index in [-0.39, 0.29) is 10.9 Å². The number of methoxy groups -OCH3 is 1. The zero-order valence-corrected chi connectivity index (χ0v) is 15.0. The van der Waals surface area contributed by atoms with Crippen molar-refractivity contribution in [1.82, 2.24) is 19.4 Å². The quantitative estimate of drug-likeness (QED) is 0.883. The van der Waals surface area contributed by atoms with Crippen molar-refractivity contribution in [2.24, 2.45) is 0 Å². The summed E-state index contributed by atoms with van der Waals surface area (Å²) in [6, 6.07) is 5.21. The highest BCUT2D eigenvalue weighted by atomic mass is 35.5. The van der Waals surface area contributed by atoms with E-state index < -0.39 is 10.0 Å². The van der Waals surface area contributed by atoms with Crippen molar-refractivity contribution in [3.8, 4) is 11.4 Å². The van der Waals surface area contributed by atoms with Gasteiger partial charge in [-0.1, -0.05) is 11.6 Å². The summed E-state index contributed by atoms with van der Waals surface area (Å²) in [4.78, 5) is 0.152. The van der Waals surface area contributed by atoms with Crippen molar-refractivity contribution in [3.63, 3.8) is 0 Å². The molecule has 0 bridgehead atoms. The third-order valence-electron chi connectivity index (χ3n) is 3.92. The van der Waals surface area contributed by atoms with E-state index in [9.17, 15) is 8.42 Å². The lowest BCUT2D eigenvalue weighted by Gasteiger charge is -2.30. The minimum atomic E-state index is -3.58. The molecule has 0 amide bonds. The topological polar surface area (TPSA) is 76.5 Å². The molecule has 0 aliphatic carbocycles. The molecule has 1 aliphatic heterocycles. The molecule has 7 nitrogen and oxygen atoms in total. The van der Waals surface area contributed by atoms with Crippen LogP contribution in [0.2, 0.25) is 5.02 Å². The highest BCUT2D eigenvalue weighted by molar-refractivity contribution is 7.89. The highest BCUT2D eigenvalue weighted by Gasteiger charge is 2.29. The molecule has 1 aromatic carbocycles. The molecule has 1 saturated heterocycles. The van der Waals surface area contributed by atoms with Gasteiger partial charge in [-0.2, -0.15) is 9.40 Å². The molecular formula is C15H19ClN4O3S. The molecule has 1 atom stereocenters. The minimum absolute atomic E-state index is 0.122. The Morgan fingerprint density at radius 1 is 1.42 bits per heavy atom. The zero-order valence-electron chi connectivity index (χ0n) is 13.4. The number of aromatic nitrogens is 2. The lowest BCUT2D eigenvalue weighted by Crippen LogP contribution is -2.51. The Labute approximate surface area is 146 Å². The maximum absolute atomic E-state index is 12.8. The normalized spacial score (nSPS) is 19.4. The van der Waals surface area contributed by atoms with Gasteiger partial charge >= 0.3 is 0 Å². The predicted molar refractivity (Wildman–Crippen MR) is 91.3 cm³/mol. The number of nitrogens with one attached hydrogen (secondary N) is 1. The standard InChI is InChI=1S/C15H19ClN4O3S/c1-11-9-19(6-5-17-11)24(21,22)13-8-18-20(10-13)14-7-12(16)3-4-15(14)23-2/h3-4,7-8,10-11,17H,5-6,9H2,1-2H3. The molecule has 1 fully saturated rings. The van der Waals surface area contributed by atoms with Gasteiger partial charge in [-0.15, -0.1) is 0 Å². The van der Waals surface area contributed by atoms with Crippen LogP contribution in [-0.2, 0) is 10.0 Å². The Hall–Kier alpha value is -1.61. The Morgan fingerprint density at radius 2 is 2.21 bits per heavy atom. The fraction of sp³-hybridized carbons (Fsp3) is 0.400. The van der Waals surface area contributed by atoms with Crippen molar-refractivity contribution in [3.05, 3.63) is 35.6 Å². The summed E-state index contributed by atoms with van der Waals surface area (Å²) in [7, 11) is -2.04. The van der Waals surface area contributed by atoms with Crippen LogP contribution in [0, 0.1) is 0 Å². The van der Waals surface area contributed by atoms with Crippen LogP contribution in [0.1, 0.15) is 6.92 Å². The molecule has 0 spiro atoms. The molecule has 2 heterocycles. The van der Waals surface area contributed by atoms with E-state index in [1.165, 1.54) is 28.5 Å². The van der Waals surface area contributed by atoms with E-state index in [1.54, 1.807) is 18.2 Å². The van der Waals surface area contributed by atoms with E-state index in [2.05, 4.69) is 10.4 Å². The molecule has 9 heteroatoms. The van der Waals surface area contributed by atoms with E-state index in [0.717, 1.165) is 0 Å². The second-order valence-electron chi connectivity index (χ2n) is 5.66. The molecule has 1 aromatic heterocycles. The second kappa shape index (κ2) is 6.72. The summed E-state index contributed by atoms with van der Waals surface area (Å²) in [5.74, 6) is 0.558. The third-order valence-corrected chi connectivity index (χ3v) is 5.97. The van der Waals surface area contributed by atoms with Crippen LogP contribution in [0.15, 0.2) is 35.5 Å². The number of rotatable bonds is 4. The summed E-state index contributed by atoms with van der Waals surface area (Å²) in [5.41, 5.74) is 0.583. The van der Waals surface area contributed by atoms with Crippen molar-refractivity contribution in [2.45, 2.75) is 17.9 Å². The molecule has 0 radical (unpaired) electrons. The maximum atomic E-state index is 12.8. The minimum Gasteiger partial charge on any atom is -0.494 e. The molecular weight excluding hydrogens is 352 g/mol. The van der Waals surface area contributed by atoms with Gasteiger partial charge in [0.05, 0.1) is 19.5 Å². The first-order valence-corrected chi connectivity index (χ1v) is 9.36. The Morgan fingerprint density at radius 3 is 2.92 bits per heavy atom. The summed E-state index contributed by atoms with van der Waals surface area (Å²) in [5, 5.41) is 7.92. The molecule has 24 heavy (non-hydrogen) atoms. The molecule has 1 N–H and O–H groups in total. The molecule has 130 valence electrons. The van der Waals surface area contributed by atoms with Crippen LogP contribution < -0.4 is 10.1 Å². The predicted octanol–water partition coefficient (Wildman–Crippen LogP) is 1.52. The van der Waals surface area contributed by atoms with Crippen LogP contribution >= 0.6 is 11.6 Å². The highest BCUT2D eigenvalue weighted by Crippen LogP contribution is 2.27. The van der Waals surface area contributed by atoms with Gasteiger partial charge in [0.1, 0.15) is 16.3 Å². The van der Waals surface area contributed by atoms with Gasteiger partial charge in [-0.05, 0) is 25.1 Å². The van der Waals surface area contributed by atoms with Crippen LogP contribution in [0.3, 0.4) is 0 Å². The molecule has 2 aromatic rings. The number of ether oxygens (including phenoxy) is 1. The fourth-order valence-corrected chi connectivity index (χ4v) is 4.31. The first-order chi connectivity index (χ1) is 11.4. The SMILES string of the molecule is COc1ccc(Cl)cc1-n1cc(S(=O)(=O)N2CCNC(C)C2)cn1. The average molecular weight is 371 g/mol. The van der Waals surface area contributed by atoms with Gasteiger partial charge in [-0.3, -0.25) is 0 Å². The summed E-state index contributed by atoms with van der Waals surface area (Å²) in [6.45, 7) is 3.48. The number of sulfonamides is 1. The number of hydrogen-bond donors (Lipinski definition) is 1. The fourth-order valence-electron chi connectivity index (χ4n) is 2.68. The monoisotopic (exact) mass is 370 g/mol. The van der Waals surface area contributed by atoms with Crippen molar-refractivity contribution >= 4 is 21.6 Å². The third kappa shape index (κ3) is 3.27. The van der Waals surface area contributed by atoms with E-state index in [4.69, 9.17) is 16.3 Å². The Kier molecular flexibility index (Phi) is 4.82. The second-order valence-corrected chi connectivity index (χ2v) is 8.03. The van der Waals surface area contributed by atoms with Gasteiger partial charge in [0.2, 0.25) is 10.0 Å². The lowest BCUT2D eigenvalue weighted by atomic mass is 10.3. The first kappa shape index (κ1) is 17.2. The number of halogens is 1. The van der Waals surface area contributed by atoms with Gasteiger partial charge in [0.15, 0.2) is 0 Å².